The summed E-state index contributed by atoms with van der Waals surface area (Å²) < 4.78 is 0. The Bertz CT molecular complexity index is 242. The van der Waals surface area contributed by atoms with Crippen LogP contribution in [-0.2, 0) is 4.79 Å². The SMILES string of the molecule is NC=CC(=O)C(O)(O)CCCC(O)(O)O. The van der Waals surface area contributed by atoms with Crippen molar-refractivity contribution in [3.05, 3.63) is 12.3 Å². The van der Waals surface area contributed by atoms with E-state index in [1.807, 2.05) is 0 Å². The fourth-order valence-corrected chi connectivity index (χ4v) is 0.916. The summed E-state index contributed by atoms with van der Waals surface area (Å²) in [5, 5.41) is 43.8. The van der Waals surface area contributed by atoms with E-state index in [0.717, 1.165) is 12.3 Å². The lowest BCUT2D eigenvalue weighted by Gasteiger charge is -2.20. The smallest absolute Gasteiger partial charge is 0.275 e. The zero-order chi connectivity index (χ0) is 12.1. The van der Waals surface area contributed by atoms with Crippen molar-refractivity contribution in [3.8, 4) is 0 Å². The summed E-state index contributed by atoms with van der Waals surface area (Å²) >= 11 is 0. The molecule has 0 aromatic rings. The first-order chi connectivity index (χ1) is 6.69. The van der Waals surface area contributed by atoms with E-state index in [-0.39, 0.29) is 6.42 Å². The van der Waals surface area contributed by atoms with Crippen LogP contribution in [0.2, 0.25) is 0 Å². The lowest BCUT2D eigenvalue weighted by atomic mass is 10.0. The molecule has 0 aliphatic heterocycles. The summed E-state index contributed by atoms with van der Waals surface area (Å²) in [7, 11) is 0. The van der Waals surface area contributed by atoms with Crippen LogP contribution in [0.4, 0.5) is 0 Å². The van der Waals surface area contributed by atoms with Gasteiger partial charge >= 0.3 is 0 Å². The average Bonchev–Trinajstić information content (AvgIpc) is 2.01. The molecular formula is C8H15NO6. The van der Waals surface area contributed by atoms with E-state index in [2.05, 4.69) is 0 Å². The van der Waals surface area contributed by atoms with Crippen LogP contribution in [0.25, 0.3) is 0 Å². The van der Waals surface area contributed by atoms with Crippen molar-refractivity contribution in [3.63, 3.8) is 0 Å². The molecule has 0 aliphatic carbocycles. The van der Waals surface area contributed by atoms with Gasteiger partial charge in [-0.05, 0) is 12.6 Å². The molecule has 0 aliphatic rings. The summed E-state index contributed by atoms with van der Waals surface area (Å²) in [5.74, 6) is -6.49. The molecule has 0 saturated heterocycles. The predicted octanol–water partition coefficient (Wildman–Crippen LogP) is -2.49. The molecule has 7 nitrogen and oxygen atoms in total. The molecule has 0 aromatic carbocycles. The number of hydrogen-bond donors (Lipinski definition) is 6. The van der Waals surface area contributed by atoms with Crippen LogP contribution >= 0.6 is 0 Å². The number of hydrogen-bond acceptors (Lipinski definition) is 7. The average molecular weight is 221 g/mol. The van der Waals surface area contributed by atoms with Gasteiger partial charge in [-0.1, -0.05) is 0 Å². The molecule has 15 heavy (non-hydrogen) atoms. The monoisotopic (exact) mass is 221 g/mol. The second kappa shape index (κ2) is 5.19. The topological polar surface area (TPSA) is 144 Å². The van der Waals surface area contributed by atoms with Gasteiger partial charge in [0.2, 0.25) is 11.6 Å². The third-order valence-corrected chi connectivity index (χ3v) is 1.68. The van der Waals surface area contributed by atoms with E-state index in [1.165, 1.54) is 0 Å². The van der Waals surface area contributed by atoms with Gasteiger partial charge in [0.25, 0.3) is 5.97 Å². The molecule has 0 spiro atoms. The van der Waals surface area contributed by atoms with Gasteiger partial charge in [0.15, 0.2) is 0 Å². The second-order valence-electron chi connectivity index (χ2n) is 3.17. The van der Waals surface area contributed by atoms with Crippen molar-refractivity contribution < 1.29 is 30.3 Å². The van der Waals surface area contributed by atoms with Crippen LogP contribution in [0, 0.1) is 0 Å². The Morgan fingerprint density at radius 3 is 2.07 bits per heavy atom. The van der Waals surface area contributed by atoms with Crippen molar-refractivity contribution in [2.24, 2.45) is 5.73 Å². The van der Waals surface area contributed by atoms with Gasteiger partial charge in [0, 0.05) is 18.9 Å². The standard InChI is InChI=1S/C8H15NO6/c9-5-2-6(10)7(11,12)3-1-4-8(13,14)15/h2,5,11-15H,1,3-4,9H2. The molecule has 0 fully saturated rings. The van der Waals surface area contributed by atoms with Crippen LogP contribution in [0.3, 0.4) is 0 Å². The van der Waals surface area contributed by atoms with E-state index in [0.29, 0.717) is 0 Å². The lowest BCUT2D eigenvalue weighted by Crippen LogP contribution is -2.38. The van der Waals surface area contributed by atoms with E-state index < -0.39 is 30.4 Å². The molecule has 0 radical (unpaired) electrons. The molecule has 0 atom stereocenters. The van der Waals surface area contributed by atoms with Gasteiger partial charge in [-0.2, -0.15) is 0 Å². The predicted molar refractivity (Wildman–Crippen MR) is 48.7 cm³/mol. The number of carbonyl (C=O) groups excluding carboxylic acids is 1. The summed E-state index contributed by atoms with van der Waals surface area (Å²) in [6.45, 7) is 0. The summed E-state index contributed by atoms with van der Waals surface area (Å²) in [6.07, 6.45) is 0.526. The van der Waals surface area contributed by atoms with Crippen LogP contribution in [0.15, 0.2) is 12.3 Å². The molecule has 0 unspecified atom stereocenters. The maximum absolute atomic E-state index is 11.0. The summed E-state index contributed by atoms with van der Waals surface area (Å²) in [6, 6.07) is 0. The van der Waals surface area contributed by atoms with Crippen molar-refractivity contribution in [1.29, 1.82) is 0 Å². The fraction of sp³-hybridized carbons (Fsp3) is 0.625. The number of aliphatic hydroxyl groups is 5. The molecule has 0 saturated carbocycles. The molecule has 0 amide bonds. The lowest BCUT2D eigenvalue weighted by molar-refractivity contribution is -0.316. The molecule has 0 heterocycles. The minimum Gasteiger partial charge on any atom is -0.404 e. The Hall–Kier alpha value is -0.990. The molecule has 88 valence electrons. The first kappa shape index (κ1) is 14.0. The van der Waals surface area contributed by atoms with Gasteiger partial charge in [-0.3, -0.25) is 4.79 Å². The first-order valence-electron chi connectivity index (χ1n) is 4.23. The van der Waals surface area contributed by atoms with Crippen molar-refractivity contribution >= 4 is 5.78 Å². The Morgan fingerprint density at radius 1 is 1.13 bits per heavy atom. The molecule has 0 aromatic heterocycles. The minimum absolute atomic E-state index is 0.166. The summed E-state index contributed by atoms with van der Waals surface area (Å²) in [5.41, 5.74) is 4.88. The molecule has 0 rings (SSSR count). The first-order valence-corrected chi connectivity index (χ1v) is 4.23. The van der Waals surface area contributed by atoms with Gasteiger partial charge in [-0.15, -0.1) is 0 Å². The Balaban J connectivity index is 4.10. The number of rotatable bonds is 6. The third-order valence-electron chi connectivity index (χ3n) is 1.68. The van der Waals surface area contributed by atoms with Gasteiger partial charge in [0.1, 0.15) is 0 Å². The maximum atomic E-state index is 11.0. The van der Waals surface area contributed by atoms with Crippen LogP contribution < -0.4 is 5.73 Å². The van der Waals surface area contributed by atoms with E-state index in [4.69, 9.17) is 31.3 Å². The summed E-state index contributed by atoms with van der Waals surface area (Å²) in [4.78, 5) is 11.0. The van der Waals surface area contributed by atoms with Gasteiger partial charge in [-0.25, -0.2) is 0 Å². The molecule has 0 bridgehead atoms. The molecule has 7 N–H and O–H groups in total. The van der Waals surface area contributed by atoms with Crippen LogP contribution in [0.1, 0.15) is 19.3 Å². The Labute approximate surface area is 86.1 Å². The van der Waals surface area contributed by atoms with E-state index in [1.54, 1.807) is 0 Å². The maximum Gasteiger partial charge on any atom is 0.275 e. The highest BCUT2D eigenvalue weighted by Crippen LogP contribution is 2.15. The highest BCUT2D eigenvalue weighted by atomic mass is 16.7. The molecular weight excluding hydrogens is 206 g/mol. The Morgan fingerprint density at radius 2 is 1.67 bits per heavy atom. The third kappa shape index (κ3) is 6.15. The van der Waals surface area contributed by atoms with E-state index in [9.17, 15) is 4.79 Å². The van der Waals surface area contributed by atoms with Crippen molar-refractivity contribution in [1.82, 2.24) is 0 Å². The zero-order valence-electron chi connectivity index (χ0n) is 8.00. The van der Waals surface area contributed by atoms with Crippen LogP contribution in [-0.4, -0.2) is 43.1 Å². The molecule has 7 heteroatoms. The van der Waals surface area contributed by atoms with Crippen molar-refractivity contribution in [2.45, 2.75) is 31.0 Å². The highest BCUT2D eigenvalue weighted by molar-refractivity contribution is 5.95. The van der Waals surface area contributed by atoms with Gasteiger partial charge < -0.3 is 31.3 Å². The largest absolute Gasteiger partial charge is 0.404 e. The van der Waals surface area contributed by atoms with Gasteiger partial charge in [0.05, 0.1) is 0 Å². The zero-order valence-corrected chi connectivity index (χ0v) is 8.00. The quantitative estimate of drug-likeness (QED) is 0.215. The second-order valence-corrected chi connectivity index (χ2v) is 3.17. The Kier molecular flexibility index (Phi) is 4.85. The fourth-order valence-electron chi connectivity index (χ4n) is 0.916. The highest BCUT2D eigenvalue weighted by Gasteiger charge is 2.31. The van der Waals surface area contributed by atoms with Crippen molar-refractivity contribution in [2.75, 3.05) is 0 Å². The number of nitrogens with two attached hydrogens (primary N) is 1. The normalized spacial score (nSPS) is 13.4. The van der Waals surface area contributed by atoms with E-state index >= 15 is 0 Å². The number of carbonyl (C=O) groups is 1. The minimum atomic E-state index is -2.87. The number of ketones is 1. The van der Waals surface area contributed by atoms with Crippen LogP contribution in [0.5, 0.6) is 0 Å².